The molecule has 0 amide bonds. The fraction of sp³-hybridized carbons (Fsp3) is 0.250. The molecule has 112 valence electrons. The van der Waals surface area contributed by atoms with Gasteiger partial charge in [0.2, 0.25) is 0 Å². The first-order chi connectivity index (χ1) is 10.1. The van der Waals surface area contributed by atoms with Crippen LogP contribution in [0.4, 0.5) is 5.69 Å². The molecule has 0 saturated carbocycles. The normalized spacial score (nSPS) is 11.3. The molecule has 0 aromatic heterocycles. The predicted molar refractivity (Wildman–Crippen MR) is 85.8 cm³/mol. The van der Waals surface area contributed by atoms with Crippen LogP contribution in [0.5, 0.6) is 0 Å². The molecule has 0 spiro atoms. The van der Waals surface area contributed by atoms with Gasteiger partial charge in [-0.3, -0.25) is 4.31 Å². The van der Waals surface area contributed by atoms with E-state index < -0.39 is 10.0 Å². The van der Waals surface area contributed by atoms with Gasteiger partial charge in [-0.1, -0.05) is 30.3 Å². The summed E-state index contributed by atoms with van der Waals surface area (Å²) in [7, 11) is -3.57. The van der Waals surface area contributed by atoms with Crippen molar-refractivity contribution >= 4 is 15.7 Å². The molecular formula is C16H20N2O2S. The number of nitrogens with two attached hydrogens (primary N) is 1. The quantitative estimate of drug-likeness (QED) is 0.892. The molecule has 0 aliphatic carbocycles. The van der Waals surface area contributed by atoms with Gasteiger partial charge >= 0.3 is 0 Å². The van der Waals surface area contributed by atoms with E-state index in [0.29, 0.717) is 30.1 Å². The summed E-state index contributed by atoms with van der Waals surface area (Å²) in [6.45, 7) is 2.77. The van der Waals surface area contributed by atoms with Crippen molar-refractivity contribution < 1.29 is 8.42 Å². The average Bonchev–Trinajstić information content (AvgIpc) is 2.48. The molecule has 4 nitrogen and oxygen atoms in total. The van der Waals surface area contributed by atoms with Gasteiger partial charge < -0.3 is 5.73 Å². The topological polar surface area (TPSA) is 63.4 Å². The van der Waals surface area contributed by atoms with Crippen LogP contribution >= 0.6 is 0 Å². The van der Waals surface area contributed by atoms with E-state index in [-0.39, 0.29) is 0 Å². The van der Waals surface area contributed by atoms with Crippen LogP contribution in [-0.2, 0) is 10.0 Å². The van der Waals surface area contributed by atoms with Crippen LogP contribution in [0.1, 0.15) is 12.0 Å². The Morgan fingerprint density at radius 3 is 2.38 bits per heavy atom. The van der Waals surface area contributed by atoms with Crippen LogP contribution in [-0.4, -0.2) is 21.5 Å². The third-order valence-corrected chi connectivity index (χ3v) is 5.03. The molecule has 0 aliphatic rings. The summed E-state index contributed by atoms with van der Waals surface area (Å²) < 4.78 is 27.1. The highest BCUT2D eigenvalue weighted by atomic mass is 32.2. The van der Waals surface area contributed by atoms with Crippen LogP contribution in [0.2, 0.25) is 0 Å². The van der Waals surface area contributed by atoms with Gasteiger partial charge in [0, 0.05) is 6.54 Å². The molecule has 2 N–H and O–H groups in total. The Morgan fingerprint density at radius 1 is 1.05 bits per heavy atom. The van der Waals surface area contributed by atoms with Crippen molar-refractivity contribution in [1.29, 1.82) is 0 Å². The number of hydrogen-bond acceptors (Lipinski definition) is 3. The van der Waals surface area contributed by atoms with Crippen molar-refractivity contribution in [1.82, 2.24) is 0 Å². The lowest BCUT2D eigenvalue weighted by molar-refractivity contribution is 0.589. The standard InChI is InChI=1S/C16H20N2O2S/c1-14-7-5-8-15(13-14)18(12-6-11-17)21(19,20)16-9-3-2-4-10-16/h2-5,7-10,13H,6,11-12,17H2,1H3. The van der Waals surface area contributed by atoms with Crippen LogP contribution in [0, 0.1) is 6.92 Å². The Balaban J connectivity index is 2.45. The first kappa shape index (κ1) is 15.5. The minimum Gasteiger partial charge on any atom is -0.330 e. The van der Waals surface area contributed by atoms with E-state index in [0.717, 1.165) is 5.56 Å². The van der Waals surface area contributed by atoms with Crippen molar-refractivity contribution in [2.75, 3.05) is 17.4 Å². The second-order valence-corrected chi connectivity index (χ2v) is 6.73. The number of aryl methyl sites for hydroxylation is 1. The molecule has 2 aromatic rings. The highest BCUT2D eigenvalue weighted by Gasteiger charge is 2.24. The van der Waals surface area contributed by atoms with Gasteiger partial charge in [-0.25, -0.2) is 8.42 Å². The second-order valence-electron chi connectivity index (χ2n) is 4.87. The summed E-state index contributed by atoms with van der Waals surface area (Å²) in [6, 6.07) is 16.0. The largest absolute Gasteiger partial charge is 0.330 e. The molecule has 0 aliphatic heterocycles. The second kappa shape index (κ2) is 6.74. The van der Waals surface area contributed by atoms with Crippen molar-refractivity contribution in [2.24, 2.45) is 5.73 Å². The van der Waals surface area contributed by atoms with Gasteiger partial charge in [-0.2, -0.15) is 0 Å². The summed E-state index contributed by atoms with van der Waals surface area (Å²) in [5.74, 6) is 0. The molecule has 2 aromatic carbocycles. The zero-order chi connectivity index (χ0) is 15.3. The highest BCUT2D eigenvalue weighted by Crippen LogP contribution is 2.24. The number of anilines is 1. The van der Waals surface area contributed by atoms with Gasteiger partial charge in [0.25, 0.3) is 10.0 Å². The molecule has 0 saturated heterocycles. The number of rotatable bonds is 6. The minimum atomic E-state index is -3.57. The Hall–Kier alpha value is -1.85. The maximum atomic E-state index is 12.8. The van der Waals surface area contributed by atoms with E-state index in [4.69, 9.17) is 5.73 Å². The van der Waals surface area contributed by atoms with Crippen LogP contribution in [0.25, 0.3) is 0 Å². The maximum Gasteiger partial charge on any atom is 0.264 e. The van der Waals surface area contributed by atoms with Gasteiger partial charge in [0.05, 0.1) is 10.6 Å². The summed E-state index contributed by atoms with van der Waals surface area (Å²) >= 11 is 0. The van der Waals surface area contributed by atoms with E-state index in [1.54, 1.807) is 30.3 Å². The fourth-order valence-corrected chi connectivity index (χ4v) is 3.64. The summed E-state index contributed by atoms with van der Waals surface area (Å²) in [5.41, 5.74) is 7.24. The zero-order valence-corrected chi connectivity index (χ0v) is 12.9. The monoisotopic (exact) mass is 304 g/mol. The highest BCUT2D eigenvalue weighted by molar-refractivity contribution is 7.92. The van der Waals surface area contributed by atoms with E-state index in [2.05, 4.69) is 0 Å². The molecular weight excluding hydrogens is 284 g/mol. The Kier molecular flexibility index (Phi) is 4.98. The smallest absolute Gasteiger partial charge is 0.264 e. The average molecular weight is 304 g/mol. The molecule has 5 heteroatoms. The first-order valence-electron chi connectivity index (χ1n) is 6.90. The van der Waals surface area contributed by atoms with Crippen molar-refractivity contribution in [2.45, 2.75) is 18.2 Å². The molecule has 2 rings (SSSR count). The molecule has 0 atom stereocenters. The van der Waals surface area contributed by atoms with E-state index >= 15 is 0 Å². The van der Waals surface area contributed by atoms with Crippen LogP contribution in [0.15, 0.2) is 59.5 Å². The fourth-order valence-electron chi connectivity index (χ4n) is 2.13. The van der Waals surface area contributed by atoms with E-state index in [1.807, 2.05) is 31.2 Å². The number of benzene rings is 2. The Bertz CT molecular complexity index is 684. The van der Waals surface area contributed by atoms with Crippen molar-refractivity contribution in [3.63, 3.8) is 0 Å². The molecule has 0 heterocycles. The lowest BCUT2D eigenvalue weighted by Crippen LogP contribution is -2.33. The third kappa shape index (κ3) is 3.62. The molecule has 21 heavy (non-hydrogen) atoms. The van der Waals surface area contributed by atoms with Crippen LogP contribution < -0.4 is 10.0 Å². The lowest BCUT2D eigenvalue weighted by atomic mass is 10.2. The maximum absolute atomic E-state index is 12.8. The van der Waals surface area contributed by atoms with Gasteiger partial charge in [0.1, 0.15) is 0 Å². The van der Waals surface area contributed by atoms with Gasteiger partial charge in [0.15, 0.2) is 0 Å². The Morgan fingerprint density at radius 2 is 1.76 bits per heavy atom. The predicted octanol–water partition coefficient (Wildman–Crippen LogP) is 2.54. The van der Waals surface area contributed by atoms with Gasteiger partial charge in [-0.05, 0) is 49.7 Å². The summed E-state index contributed by atoms with van der Waals surface area (Å²) in [5, 5.41) is 0. The Labute approximate surface area is 126 Å². The van der Waals surface area contributed by atoms with E-state index in [1.165, 1.54) is 4.31 Å². The number of hydrogen-bond donors (Lipinski definition) is 1. The molecule has 0 bridgehead atoms. The zero-order valence-electron chi connectivity index (χ0n) is 12.1. The minimum absolute atomic E-state index is 0.295. The molecule has 0 radical (unpaired) electrons. The van der Waals surface area contributed by atoms with Crippen molar-refractivity contribution in [3.05, 3.63) is 60.2 Å². The molecule has 0 fully saturated rings. The summed E-state index contributed by atoms with van der Waals surface area (Å²) in [4.78, 5) is 0.295. The number of nitrogens with zero attached hydrogens (tertiary/aromatic N) is 1. The molecule has 0 unspecified atom stereocenters. The van der Waals surface area contributed by atoms with Crippen LogP contribution in [0.3, 0.4) is 0 Å². The lowest BCUT2D eigenvalue weighted by Gasteiger charge is -2.24. The number of sulfonamides is 1. The summed E-state index contributed by atoms with van der Waals surface area (Å²) in [6.07, 6.45) is 0.611. The third-order valence-electron chi connectivity index (χ3n) is 3.19. The van der Waals surface area contributed by atoms with E-state index in [9.17, 15) is 8.42 Å². The SMILES string of the molecule is Cc1cccc(N(CCCN)S(=O)(=O)c2ccccc2)c1. The van der Waals surface area contributed by atoms with Crippen molar-refractivity contribution in [3.8, 4) is 0 Å². The van der Waals surface area contributed by atoms with Gasteiger partial charge in [-0.15, -0.1) is 0 Å². The first-order valence-corrected chi connectivity index (χ1v) is 8.34.